The minimum Gasteiger partial charge on any atom is -0.290 e. The Morgan fingerprint density at radius 1 is 1.44 bits per heavy atom. The Morgan fingerprint density at radius 3 is 2.89 bits per heavy atom. The summed E-state index contributed by atoms with van der Waals surface area (Å²) in [6, 6.07) is 7.26. The van der Waals surface area contributed by atoms with Crippen LogP contribution in [0.15, 0.2) is 30.3 Å². The van der Waals surface area contributed by atoms with Crippen LogP contribution in [0.25, 0.3) is 6.08 Å². The van der Waals surface area contributed by atoms with Crippen molar-refractivity contribution in [2.45, 2.75) is 6.92 Å². The summed E-state index contributed by atoms with van der Waals surface area (Å²) in [7, 11) is 0. The van der Waals surface area contributed by atoms with Crippen LogP contribution in [0, 0.1) is 6.92 Å². The molecule has 0 aliphatic rings. The molecule has 6 heteroatoms. The van der Waals surface area contributed by atoms with Gasteiger partial charge in [-0.3, -0.25) is 15.2 Å². The molecule has 1 heterocycles. The maximum absolute atomic E-state index is 11.6. The lowest BCUT2D eigenvalue weighted by Gasteiger charge is -1.97. The molecule has 2 rings (SSSR count). The van der Waals surface area contributed by atoms with Crippen LogP contribution in [0.2, 0.25) is 5.02 Å². The number of aromatic amines is 1. The zero-order valence-corrected chi connectivity index (χ0v) is 10.4. The van der Waals surface area contributed by atoms with Gasteiger partial charge >= 0.3 is 0 Å². The van der Waals surface area contributed by atoms with E-state index in [-0.39, 0.29) is 11.9 Å². The topological polar surface area (TPSA) is 70.7 Å². The summed E-state index contributed by atoms with van der Waals surface area (Å²) in [4.78, 5) is 15.5. The number of hydrogen-bond acceptors (Lipinski definition) is 3. The van der Waals surface area contributed by atoms with Crippen molar-refractivity contribution in [3.63, 3.8) is 0 Å². The highest BCUT2D eigenvalue weighted by Gasteiger charge is 2.02. The fourth-order valence-corrected chi connectivity index (χ4v) is 1.52. The van der Waals surface area contributed by atoms with Gasteiger partial charge in [-0.2, -0.15) is 4.98 Å². The van der Waals surface area contributed by atoms with Gasteiger partial charge in [-0.25, -0.2) is 0 Å². The molecule has 0 radical (unpaired) electrons. The standard InChI is InChI=1S/C12H11ClN4O/c1-8-14-12(17-16-8)15-11(18)7-6-9-4-2-3-5-10(9)13/h2-7H,1H3,(H2,14,15,16,17,18)/b7-6+. The number of halogens is 1. The number of nitrogens with one attached hydrogen (secondary N) is 2. The molecule has 2 N–H and O–H groups in total. The molecule has 0 fully saturated rings. The Labute approximate surface area is 109 Å². The normalized spacial score (nSPS) is 10.8. The van der Waals surface area contributed by atoms with Crippen molar-refractivity contribution in [3.8, 4) is 0 Å². The van der Waals surface area contributed by atoms with E-state index < -0.39 is 0 Å². The molecule has 0 bridgehead atoms. The largest absolute Gasteiger partial charge is 0.290 e. The molecule has 92 valence electrons. The van der Waals surface area contributed by atoms with Crippen molar-refractivity contribution in [2.75, 3.05) is 5.32 Å². The van der Waals surface area contributed by atoms with Crippen molar-refractivity contribution < 1.29 is 4.79 Å². The first-order valence-corrected chi connectivity index (χ1v) is 5.65. The molecule has 0 spiro atoms. The maximum Gasteiger partial charge on any atom is 0.250 e. The quantitative estimate of drug-likeness (QED) is 0.835. The summed E-state index contributed by atoms with van der Waals surface area (Å²) in [6.45, 7) is 1.75. The first kappa shape index (κ1) is 12.3. The summed E-state index contributed by atoms with van der Waals surface area (Å²) in [5.41, 5.74) is 0.778. The number of anilines is 1. The van der Waals surface area contributed by atoms with Gasteiger partial charge in [-0.05, 0) is 24.6 Å². The smallest absolute Gasteiger partial charge is 0.250 e. The highest BCUT2D eigenvalue weighted by Crippen LogP contribution is 2.16. The van der Waals surface area contributed by atoms with Gasteiger partial charge in [0.1, 0.15) is 5.82 Å². The predicted molar refractivity (Wildman–Crippen MR) is 70.2 cm³/mol. The molecule has 2 aromatic rings. The second-order valence-corrected chi connectivity index (χ2v) is 4.00. The van der Waals surface area contributed by atoms with Crippen LogP contribution in [0.3, 0.4) is 0 Å². The first-order valence-electron chi connectivity index (χ1n) is 5.28. The minimum atomic E-state index is -0.311. The van der Waals surface area contributed by atoms with Crippen molar-refractivity contribution in [3.05, 3.63) is 46.8 Å². The number of nitrogens with zero attached hydrogens (tertiary/aromatic N) is 2. The van der Waals surface area contributed by atoms with Gasteiger partial charge in [0.2, 0.25) is 5.95 Å². The van der Waals surface area contributed by atoms with E-state index in [0.717, 1.165) is 5.56 Å². The van der Waals surface area contributed by atoms with Gasteiger partial charge in [0.15, 0.2) is 0 Å². The third-order valence-corrected chi connectivity index (χ3v) is 2.50. The Hall–Kier alpha value is -2.14. The Morgan fingerprint density at radius 2 is 2.22 bits per heavy atom. The van der Waals surface area contributed by atoms with Gasteiger partial charge in [0.25, 0.3) is 5.91 Å². The van der Waals surface area contributed by atoms with Crippen LogP contribution in [-0.4, -0.2) is 21.1 Å². The first-order chi connectivity index (χ1) is 8.65. The number of carbonyl (C=O) groups excluding carboxylic acids is 1. The number of carbonyl (C=O) groups is 1. The number of rotatable bonds is 3. The minimum absolute atomic E-state index is 0.251. The van der Waals surface area contributed by atoms with E-state index in [4.69, 9.17) is 11.6 Å². The monoisotopic (exact) mass is 262 g/mol. The fourth-order valence-electron chi connectivity index (χ4n) is 1.33. The molecule has 0 unspecified atom stereocenters. The summed E-state index contributed by atoms with van der Waals surface area (Å²) in [5.74, 6) is 0.579. The number of amides is 1. The van der Waals surface area contributed by atoms with E-state index in [0.29, 0.717) is 10.8 Å². The van der Waals surface area contributed by atoms with E-state index in [9.17, 15) is 4.79 Å². The van der Waals surface area contributed by atoms with Gasteiger partial charge in [-0.1, -0.05) is 29.8 Å². The highest BCUT2D eigenvalue weighted by atomic mass is 35.5. The Kier molecular flexibility index (Phi) is 3.74. The summed E-state index contributed by atoms with van der Waals surface area (Å²) in [5, 5.41) is 9.56. The molecular formula is C12H11ClN4O. The summed E-state index contributed by atoms with van der Waals surface area (Å²) in [6.07, 6.45) is 3.02. The molecule has 0 saturated heterocycles. The second-order valence-electron chi connectivity index (χ2n) is 3.59. The van der Waals surface area contributed by atoms with Crippen LogP contribution < -0.4 is 5.32 Å². The molecule has 0 saturated carbocycles. The SMILES string of the molecule is Cc1nc(NC(=O)/C=C/c2ccccc2Cl)n[nH]1. The third kappa shape index (κ3) is 3.18. The molecule has 0 atom stereocenters. The average Bonchev–Trinajstić information content (AvgIpc) is 2.74. The highest BCUT2D eigenvalue weighted by molar-refractivity contribution is 6.32. The van der Waals surface area contributed by atoms with Crippen molar-refractivity contribution in [1.29, 1.82) is 0 Å². The molecule has 0 aliphatic carbocycles. The maximum atomic E-state index is 11.6. The molecule has 5 nitrogen and oxygen atoms in total. The van der Waals surface area contributed by atoms with Crippen LogP contribution in [0.1, 0.15) is 11.4 Å². The fraction of sp³-hybridized carbons (Fsp3) is 0.0833. The van der Waals surface area contributed by atoms with E-state index in [2.05, 4.69) is 20.5 Å². The lowest BCUT2D eigenvalue weighted by molar-refractivity contribution is -0.111. The predicted octanol–water partition coefficient (Wildman–Crippen LogP) is 2.42. The molecular weight excluding hydrogens is 252 g/mol. The second kappa shape index (κ2) is 5.46. The molecule has 0 aliphatic heterocycles. The van der Waals surface area contributed by atoms with Crippen molar-refractivity contribution in [2.24, 2.45) is 0 Å². The molecule has 1 amide bonds. The van der Waals surface area contributed by atoms with E-state index in [1.54, 1.807) is 19.1 Å². The molecule has 18 heavy (non-hydrogen) atoms. The van der Waals surface area contributed by atoms with Crippen LogP contribution in [0.5, 0.6) is 0 Å². The van der Waals surface area contributed by atoms with Crippen LogP contribution in [-0.2, 0) is 4.79 Å². The number of hydrogen-bond donors (Lipinski definition) is 2. The Bertz CT molecular complexity index is 591. The lowest BCUT2D eigenvalue weighted by atomic mass is 10.2. The van der Waals surface area contributed by atoms with Crippen molar-refractivity contribution >= 4 is 29.5 Å². The summed E-state index contributed by atoms with van der Waals surface area (Å²) >= 11 is 5.96. The van der Waals surface area contributed by atoms with Crippen LogP contribution in [0.4, 0.5) is 5.95 Å². The zero-order valence-electron chi connectivity index (χ0n) is 9.64. The van der Waals surface area contributed by atoms with E-state index in [1.165, 1.54) is 6.08 Å². The molecule has 1 aromatic carbocycles. The van der Waals surface area contributed by atoms with Crippen molar-refractivity contribution in [1.82, 2.24) is 15.2 Å². The number of aryl methyl sites for hydroxylation is 1. The van der Waals surface area contributed by atoms with E-state index in [1.807, 2.05) is 18.2 Å². The van der Waals surface area contributed by atoms with E-state index >= 15 is 0 Å². The van der Waals surface area contributed by atoms with Gasteiger partial charge in [0.05, 0.1) is 0 Å². The third-order valence-electron chi connectivity index (χ3n) is 2.15. The average molecular weight is 263 g/mol. The summed E-state index contributed by atoms with van der Waals surface area (Å²) < 4.78 is 0. The van der Waals surface area contributed by atoms with Gasteiger partial charge in [0, 0.05) is 11.1 Å². The van der Waals surface area contributed by atoms with Gasteiger partial charge < -0.3 is 0 Å². The number of H-pyrrole nitrogens is 1. The van der Waals surface area contributed by atoms with Gasteiger partial charge in [-0.15, -0.1) is 5.10 Å². The molecule has 1 aromatic heterocycles. The zero-order chi connectivity index (χ0) is 13.0. The lowest BCUT2D eigenvalue weighted by Crippen LogP contribution is -2.09. The Balaban J connectivity index is 2.01. The van der Waals surface area contributed by atoms with Crippen LogP contribution >= 0.6 is 11.6 Å². The number of benzene rings is 1. The number of aromatic nitrogens is 3.